The summed E-state index contributed by atoms with van der Waals surface area (Å²) in [5.74, 6) is 0.858. The largest absolute Gasteiger partial charge is 0.358 e. The smallest absolute Gasteiger partial charge is 0.232 e. The van der Waals surface area contributed by atoms with Crippen molar-refractivity contribution in [3.05, 3.63) is 34.9 Å². The first-order valence-electron chi connectivity index (χ1n) is 4.71. The summed E-state index contributed by atoms with van der Waals surface area (Å²) in [4.78, 5) is 11.2. The Kier molecular flexibility index (Phi) is 4.99. The van der Waals surface area contributed by atoms with Crippen LogP contribution in [0.4, 0.5) is 0 Å². The van der Waals surface area contributed by atoms with Crippen LogP contribution in [0.25, 0.3) is 0 Å². The highest BCUT2D eigenvalue weighted by Gasteiger charge is 2.10. The molecule has 1 aromatic rings. The molecule has 1 rings (SSSR count). The van der Waals surface area contributed by atoms with Crippen LogP contribution in [0.5, 0.6) is 0 Å². The van der Waals surface area contributed by atoms with Gasteiger partial charge in [-0.15, -0.1) is 11.8 Å². The predicted molar refractivity (Wildman–Crippen MR) is 66.3 cm³/mol. The predicted octanol–water partition coefficient (Wildman–Crippen LogP) is 2.71. The SMILES string of the molecule is CNC(=O)C(C)SCc1cccc(Cl)c1. The van der Waals surface area contributed by atoms with Crippen LogP contribution in [0.1, 0.15) is 12.5 Å². The van der Waals surface area contributed by atoms with E-state index in [1.54, 1.807) is 18.8 Å². The first kappa shape index (κ1) is 12.4. The highest BCUT2D eigenvalue weighted by molar-refractivity contribution is 7.99. The summed E-state index contributed by atoms with van der Waals surface area (Å²) in [5.41, 5.74) is 1.14. The number of hydrogen-bond donors (Lipinski definition) is 1. The molecule has 0 heterocycles. The maximum absolute atomic E-state index is 11.2. The molecule has 4 heteroatoms. The van der Waals surface area contributed by atoms with Crippen molar-refractivity contribution in [3.63, 3.8) is 0 Å². The highest BCUT2D eigenvalue weighted by atomic mass is 35.5. The molecule has 15 heavy (non-hydrogen) atoms. The van der Waals surface area contributed by atoms with Crippen molar-refractivity contribution in [2.24, 2.45) is 0 Å². The van der Waals surface area contributed by atoms with Crippen LogP contribution in [-0.4, -0.2) is 18.2 Å². The molecule has 0 saturated carbocycles. The maximum Gasteiger partial charge on any atom is 0.232 e. The van der Waals surface area contributed by atoms with Crippen molar-refractivity contribution >= 4 is 29.3 Å². The summed E-state index contributed by atoms with van der Waals surface area (Å²) < 4.78 is 0. The van der Waals surface area contributed by atoms with E-state index in [9.17, 15) is 4.79 Å². The number of halogens is 1. The van der Waals surface area contributed by atoms with Gasteiger partial charge in [0.1, 0.15) is 0 Å². The zero-order valence-electron chi connectivity index (χ0n) is 8.79. The first-order valence-corrected chi connectivity index (χ1v) is 6.14. The average molecular weight is 244 g/mol. The molecular formula is C11H14ClNOS. The number of amides is 1. The van der Waals surface area contributed by atoms with E-state index in [2.05, 4.69) is 5.32 Å². The average Bonchev–Trinajstić information content (AvgIpc) is 2.25. The topological polar surface area (TPSA) is 29.1 Å². The van der Waals surface area contributed by atoms with E-state index in [4.69, 9.17) is 11.6 Å². The van der Waals surface area contributed by atoms with E-state index >= 15 is 0 Å². The molecule has 0 aliphatic carbocycles. The molecule has 0 saturated heterocycles. The minimum atomic E-state index is -0.0334. The Balaban J connectivity index is 2.47. The van der Waals surface area contributed by atoms with Gasteiger partial charge in [0.15, 0.2) is 0 Å². The van der Waals surface area contributed by atoms with E-state index in [0.717, 1.165) is 16.3 Å². The number of thioether (sulfide) groups is 1. The molecule has 1 amide bonds. The van der Waals surface area contributed by atoms with Crippen molar-refractivity contribution in [1.29, 1.82) is 0 Å². The van der Waals surface area contributed by atoms with Gasteiger partial charge < -0.3 is 5.32 Å². The van der Waals surface area contributed by atoms with Crippen molar-refractivity contribution in [3.8, 4) is 0 Å². The molecule has 0 aliphatic rings. The zero-order valence-corrected chi connectivity index (χ0v) is 10.4. The Morgan fingerprint density at radius 2 is 2.33 bits per heavy atom. The van der Waals surface area contributed by atoms with Gasteiger partial charge in [0.2, 0.25) is 5.91 Å². The lowest BCUT2D eigenvalue weighted by atomic mass is 10.2. The summed E-state index contributed by atoms with van der Waals surface area (Å²) in [7, 11) is 1.65. The van der Waals surface area contributed by atoms with E-state index in [1.165, 1.54) is 0 Å². The first-order chi connectivity index (χ1) is 7.13. The summed E-state index contributed by atoms with van der Waals surface area (Å²) >= 11 is 7.46. The number of carbonyl (C=O) groups excluding carboxylic acids is 1. The molecule has 0 bridgehead atoms. The maximum atomic E-state index is 11.2. The third-order valence-electron chi connectivity index (χ3n) is 2.00. The van der Waals surface area contributed by atoms with Crippen molar-refractivity contribution in [2.75, 3.05) is 7.05 Å². The van der Waals surface area contributed by atoms with Crippen molar-refractivity contribution in [2.45, 2.75) is 17.9 Å². The summed E-state index contributed by atoms with van der Waals surface area (Å²) in [5, 5.41) is 3.33. The van der Waals surface area contributed by atoms with Crippen LogP contribution >= 0.6 is 23.4 Å². The van der Waals surface area contributed by atoms with Gasteiger partial charge in [0, 0.05) is 17.8 Å². The third-order valence-corrected chi connectivity index (χ3v) is 3.45. The molecular weight excluding hydrogens is 230 g/mol. The Morgan fingerprint density at radius 1 is 1.60 bits per heavy atom. The van der Waals surface area contributed by atoms with E-state index in [-0.39, 0.29) is 11.2 Å². The highest BCUT2D eigenvalue weighted by Crippen LogP contribution is 2.20. The minimum absolute atomic E-state index is 0.0334. The summed E-state index contributed by atoms with van der Waals surface area (Å²) in [6, 6.07) is 7.70. The van der Waals surface area contributed by atoms with Gasteiger partial charge in [-0.1, -0.05) is 23.7 Å². The van der Waals surface area contributed by atoms with Gasteiger partial charge in [-0.2, -0.15) is 0 Å². The number of rotatable bonds is 4. The number of nitrogens with one attached hydrogen (secondary N) is 1. The van der Waals surface area contributed by atoms with Crippen molar-refractivity contribution in [1.82, 2.24) is 5.32 Å². The molecule has 0 fully saturated rings. The second-order valence-electron chi connectivity index (χ2n) is 3.20. The fourth-order valence-corrected chi connectivity index (χ4v) is 2.23. The second kappa shape index (κ2) is 6.03. The van der Waals surface area contributed by atoms with E-state index in [1.807, 2.05) is 31.2 Å². The molecule has 2 nitrogen and oxygen atoms in total. The number of carbonyl (C=O) groups is 1. The Labute approximate surface area is 99.4 Å². The quantitative estimate of drug-likeness (QED) is 0.881. The fourth-order valence-electron chi connectivity index (χ4n) is 1.13. The third kappa shape index (κ3) is 4.14. The molecule has 1 unspecified atom stereocenters. The van der Waals surface area contributed by atoms with Gasteiger partial charge in [-0.05, 0) is 24.6 Å². The van der Waals surface area contributed by atoms with Gasteiger partial charge in [0.25, 0.3) is 0 Å². The summed E-state index contributed by atoms with van der Waals surface area (Å²) in [6.07, 6.45) is 0. The van der Waals surface area contributed by atoms with Crippen LogP contribution in [0.15, 0.2) is 24.3 Å². The van der Waals surface area contributed by atoms with Gasteiger partial charge in [-0.25, -0.2) is 0 Å². The lowest BCUT2D eigenvalue weighted by Gasteiger charge is -2.09. The fraction of sp³-hybridized carbons (Fsp3) is 0.364. The van der Waals surface area contributed by atoms with Gasteiger partial charge in [0.05, 0.1) is 5.25 Å². The Morgan fingerprint density at radius 3 is 2.93 bits per heavy atom. The van der Waals surface area contributed by atoms with Gasteiger partial charge >= 0.3 is 0 Å². The van der Waals surface area contributed by atoms with Crippen LogP contribution in [0.3, 0.4) is 0 Å². The molecule has 1 aromatic carbocycles. The van der Waals surface area contributed by atoms with E-state index < -0.39 is 0 Å². The Bertz CT molecular complexity index is 343. The van der Waals surface area contributed by atoms with Gasteiger partial charge in [-0.3, -0.25) is 4.79 Å². The van der Waals surface area contributed by atoms with Crippen molar-refractivity contribution < 1.29 is 4.79 Å². The van der Waals surface area contributed by atoms with Crippen LogP contribution < -0.4 is 5.32 Å². The molecule has 82 valence electrons. The van der Waals surface area contributed by atoms with Crippen LogP contribution in [-0.2, 0) is 10.5 Å². The Hall–Kier alpha value is -0.670. The molecule has 0 aromatic heterocycles. The van der Waals surface area contributed by atoms with Crippen LogP contribution in [0, 0.1) is 0 Å². The molecule has 0 radical (unpaired) electrons. The minimum Gasteiger partial charge on any atom is -0.358 e. The molecule has 1 atom stereocenters. The summed E-state index contributed by atoms with van der Waals surface area (Å²) in [6.45, 7) is 1.90. The lowest BCUT2D eigenvalue weighted by Crippen LogP contribution is -2.27. The van der Waals surface area contributed by atoms with E-state index in [0.29, 0.717) is 0 Å². The number of hydrogen-bond acceptors (Lipinski definition) is 2. The number of benzene rings is 1. The van der Waals surface area contributed by atoms with Crippen LogP contribution in [0.2, 0.25) is 5.02 Å². The lowest BCUT2D eigenvalue weighted by molar-refractivity contribution is -0.119. The standard InChI is InChI=1S/C11H14ClNOS/c1-8(11(14)13-2)15-7-9-4-3-5-10(12)6-9/h3-6,8H,7H2,1-2H3,(H,13,14). The molecule has 0 aliphatic heterocycles. The zero-order chi connectivity index (χ0) is 11.3. The molecule has 1 N–H and O–H groups in total. The second-order valence-corrected chi connectivity index (χ2v) is 4.96. The molecule has 0 spiro atoms. The normalized spacial score (nSPS) is 12.2. The monoisotopic (exact) mass is 243 g/mol.